The number of nitrogens with zero attached hydrogens (tertiary/aromatic N) is 1. The van der Waals surface area contributed by atoms with Crippen molar-refractivity contribution in [1.82, 2.24) is 10.5 Å². The van der Waals surface area contributed by atoms with Crippen LogP contribution >= 0.6 is 0 Å². The van der Waals surface area contributed by atoms with Gasteiger partial charge in [-0.3, -0.25) is 4.72 Å². The molecule has 0 fully saturated rings. The predicted molar refractivity (Wildman–Crippen MR) is 80.6 cm³/mol. The number of rotatable bonds is 6. The van der Waals surface area contributed by atoms with Crippen LogP contribution < -0.4 is 10.0 Å². The number of aryl methyl sites for hydroxylation is 1. The molecule has 0 bridgehead atoms. The van der Waals surface area contributed by atoms with Crippen LogP contribution in [0.1, 0.15) is 30.7 Å². The normalized spacial score (nSPS) is 13.1. The monoisotopic (exact) mass is 309 g/mol. The number of aromatic nitrogens is 1. The lowest BCUT2D eigenvalue weighted by molar-refractivity contribution is 0.400. The predicted octanol–water partition coefficient (Wildman–Crippen LogP) is 2.45. The van der Waals surface area contributed by atoms with Crippen LogP contribution in [-0.2, 0) is 10.0 Å². The molecule has 0 amide bonds. The van der Waals surface area contributed by atoms with E-state index in [0.29, 0.717) is 5.76 Å². The lowest BCUT2D eigenvalue weighted by Gasteiger charge is -2.15. The maximum atomic E-state index is 12.3. The summed E-state index contributed by atoms with van der Waals surface area (Å²) in [6.07, 6.45) is 0.871. The van der Waals surface area contributed by atoms with E-state index >= 15 is 0 Å². The third-order valence-electron chi connectivity index (χ3n) is 3.19. The Labute approximate surface area is 124 Å². The highest BCUT2D eigenvalue weighted by molar-refractivity contribution is 7.92. The van der Waals surface area contributed by atoms with Crippen LogP contribution in [0.15, 0.2) is 39.8 Å². The van der Waals surface area contributed by atoms with Gasteiger partial charge in [-0.2, -0.15) is 0 Å². The van der Waals surface area contributed by atoms with Crippen molar-refractivity contribution < 1.29 is 12.9 Å². The Bertz CT molecular complexity index is 706. The first-order valence-corrected chi connectivity index (χ1v) is 8.18. The second kappa shape index (κ2) is 6.28. The van der Waals surface area contributed by atoms with Crippen molar-refractivity contribution >= 4 is 15.8 Å². The second-order valence-corrected chi connectivity index (χ2v) is 6.43. The summed E-state index contributed by atoms with van der Waals surface area (Å²) in [7, 11) is -1.82. The number of anilines is 1. The topological polar surface area (TPSA) is 84.2 Å². The molecule has 1 unspecified atom stereocenters. The fourth-order valence-corrected chi connectivity index (χ4v) is 3.15. The van der Waals surface area contributed by atoms with Gasteiger partial charge in [0.1, 0.15) is 5.76 Å². The van der Waals surface area contributed by atoms with E-state index < -0.39 is 10.0 Å². The second-order valence-electron chi connectivity index (χ2n) is 4.75. The Morgan fingerprint density at radius 1 is 1.33 bits per heavy atom. The minimum Gasteiger partial charge on any atom is -0.360 e. The third-order valence-corrected chi connectivity index (χ3v) is 4.55. The van der Waals surface area contributed by atoms with Crippen LogP contribution in [0.25, 0.3) is 0 Å². The molecule has 114 valence electrons. The molecule has 2 aromatic rings. The highest BCUT2D eigenvalue weighted by Crippen LogP contribution is 2.21. The van der Waals surface area contributed by atoms with Crippen molar-refractivity contribution in [3.05, 3.63) is 41.7 Å². The van der Waals surface area contributed by atoms with E-state index in [9.17, 15) is 8.42 Å². The Balaban J connectivity index is 2.29. The van der Waals surface area contributed by atoms with Gasteiger partial charge in [0.05, 0.1) is 4.90 Å². The fraction of sp³-hybridized carbons (Fsp3) is 0.357. The summed E-state index contributed by atoms with van der Waals surface area (Å²) in [6, 6.07) is 8.52. The van der Waals surface area contributed by atoms with E-state index in [0.717, 1.165) is 12.0 Å². The molecule has 0 spiro atoms. The third kappa shape index (κ3) is 3.62. The van der Waals surface area contributed by atoms with E-state index in [-0.39, 0.29) is 16.8 Å². The molecular formula is C14H19N3O3S. The summed E-state index contributed by atoms with van der Waals surface area (Å²) in [4.78, 5) is 0.203. The zero-order valence-electron chi connectivity index (χ0n) is 12.3. The van der Waals surface area contributed by atoms with Gasteiger partial charge < -0.3 is 9.84 Å². The largest absolute Gasteiger partial charge is 0.360 e. The van der Waals surface area contributed by atoms with E-state index in [1.165, 1.54) is 6.07 Å². The van der Waals surface area contributed by atoms with Crippen LogP contribution in [0.5, 0.6) is 0 Å². The van der Waals surface area contributed by atoms with E-state index in [2.05, 4.69) is 15.2 Å². The van der Waals surface area contributed by atoms with Gasteiger partial charge in [-0.25, -0.2) is 8.42 Å². The molecule has 0 saturated carbocycles. The van der Waals surface area contributed by atoms with E-state index in [1.54, 1.807) is 25.1 Å². The lowest BCUT2D eigenvalue weighted by atomic mass is 10.1. The van der Waals surface area contributed by atoms with Gasteiger partial charge in [0, 0.05) is 12.1 Å². The fourth-order valence-electron chi connectivity index (χ4n) is 2.12. The van der Waals surface area contributed by atoms with Crippen LogP contribution in [0, 0.1) is 6.92 Å². The minimum absolute atomic E-state index is 0.120. The summed E-state index contributed by atoms with van der Waals surface area (Å²) >= 11 is 0. The Morgan fingerprint density at radius 3 is 2.67 bits per heavy atom. The van der Waals surface area contributed by atoms with Crippen molar-refractivity contribution in [3.8, 4) is 0 Å². The molecule has 2 rings (SSSR count). The average Bonchev–Trinajstić information content (AvgIpc) is 2.85. The van der Waals surface area contributed by atoms with Crippen LogP contribution in [0.2, 0.25) is 0 Å². The Morgan fingerprint density at radius 2 is 2.10 bits per heavy atom. The molecule has 0 aliphatic heterocycles. The first-order chi connectivity index (χ1) is 9.96. The minimum atomic E-state index is -3.67. The van der Waals surface area contributed by atoms with Gasteiger partial charge in [-0.1, -0.05) is 24.2 Å². The van der Waals surface area contributed by atoms with Gasteiger partial charge >= 0.3 is 0 Å². The highest BCUT2D eigenvalue weighted by atomic mass is 32.2. The Kier molecular flexibility index (Phi) is 4.64. The quantitative estimate of drug-likeness (QED) is 0.856. The van der Waals surface area contributed by atoms with Crippen molar-refractivity contribution in [3.63, 3.8) is 0 Å². The number of hydrogen-bond donors (Lipinski definition) is 2. The molecule has 2 N–H and O–H groups in total. The molecule has 0 saturated heterocycles. The van der Waals surface area contributed by atoms with Crippen molar-refractivity contribution in [2.45, 2.75) is 31.2 Å². The smallest absolute Gasteiger partial charge is 0.263 e. The average molecular weight is 309 g/mol. The number of hydrogen-bond acceptors (Lipinski definition) is 5. The van der Waals surface area contributed by atoms with Gasteiger partial charge in [0.2, 0.25) is 0 Å². The van der Waals surface area contributed by atoms with Crippen LogP contribution in [-0.4, -0.2) is 20.6 Å². The van der Waals surface area contributed by atoms with Gasteiger partial charge in [0.25, 0.3) is 10.0 Å². The molecule has 1 aromatic heterocycles. The SMILES string of the molecule is CCC(NC)c1cccc(S(=O)(=O)Nc2cc(C)on2)c1. The van der Waals surface area contributed by atoms with Gasteiger partial charge in [0.15, 0.2) is 5.82 Å². The zero-order chi connectivity index (χ0) is 15.5. The van der Waals surface area contributed by atoms with Gasteiger partial charge in [-0.15, -0.1) is 0 Å². The molecule has 0 aliphatic carbocycles. The molecule has 21 heavy (non-hydrogen) atoms. The number of benzene rings is 1. The van der Waals surface area contributed by atoms with Crippen molar-refractivity contribution in [2.75, 3.05) is 11.8 Å². The molecule has 1 heterocycles. The first kappa shape index (κ1) is 15.5. The standard InChI is InChI=1S/C14H19N3O3S/c1-4-13(15-3)11-6-5-7-12(9-11)21(18,19)17-14-8-10(2)20-16-14/h5-9,13,15H,4H2,1-3H3,(H,16,17). The van der Waals surface area contributed by atoms with Crippen molar-refractivity contribution in [1.29, 1.82) is 0 Å². The molecule has 0 radical (unpaired) electrons. The van der Waals surface area contributed by atoms with Crippen LogP contribution in [0.4, 0.5) is 5.82 Å². The summed E-state index contributed by atoms with van der Waals surface area (Å²) in [6.45, 7) is 3.74. The number of nitrogens with one attached hydrogen (secondary N) is 2. The molecule has 6 nitrogen and oxygen atoms in total. The summed E-state index contributed by atoms with van der Waals surface area (Å²) in [5, 5.41) is 6.80. The van der Waals surface area contributed by atoms with Crippen molar-refractivity contribution in [2.24, 2.45) is 0 Å². The molecule has 7 heteroatoms. The maximum absolute atomic E-state index is 12.3. The molecule has 1 aromatic carbocycles. The maximum Gasteiger partial charge on any atom is 0.263 e. The molecule has 0 aliphatic rings. The lowest BCUT2D eigenvalue weighted by Crippen LogP contribution is -2.17. The summed E-state index contributed by atoms with van der Waals surface area (Å²) in [5.74, 6) is 0.723. The van der Waals surface area contributed by atoms with E-state index in [1.807, 2.05) is 20.0 Å². The summed E-state index contributed by atoms with van der Waals surface area (Å²) in [5.41, 5.74) is 0.930. The Hall–Kier alpha value is -1.86. The van der Waals surface area contributed by atoms with Gasteiger partial charge in [-0.05, 0) is 38.1 Å². The molecule has 1 atom stereocenters. The number of sulfonamides is 1. The molecular weight excluding hydrogens is 290 g/mol. The first-order valence-electron chi connectivity index (χ1n) is 6.69. The summed E-state index contributed by atoms with van der Waals surface area (Å²) < 4.78 is 32.0. The highest BCUT2D eigenvalue weighted by Gasteiger charge is 2.18. The van der Waals surface area contributed by atoms with Crippen LogP contribution in [0.3, 0.4) is 0 Å². The zero-order valence-corrected chi connectivity index (χ0v) is 13.1. The van der Waals surface area contributed by atoms with E-state index in [4.69, 9.17) is 4.52 Å².